The lowest BCUT2D eigenvalue weighted by Crippen LogP contribution is -2.27. The second kappa shape index (κ2) is 5.64. The van der Waals surface area contributed by atoms with Crippen molar-refractivity contribution >= 4 is 11.5 Å². The van der Waals surface area contributed by atoms with E-state index in [0.717, 1.165) is 25.9 Å². The van der Waals surface area contributed by atoms with Crippen molar-refractivity contribution in [2.45, 2.75) is 32.1 Å². The first-order valence-corrected chi connectivity index (χ1v) is 7.82. The summed E-state index contributed by atoms with van der Waals surface area (Å²) in [6.45, 7) is 4.33. The van der Waals surface area contributed by atoms with Gasteiger partial charge in [-0.25, -0.2) is 0 Å². The third-order valence-corrected chi connectivity index (χ3v) is 4.85. The Morgan fingerprint density at radius 1 is 1.43 bits per heavy atom. The molecule has 0 radical (unpaired) electrons. The summed E-state index contributed by atoms with van der Waals surface area (Å²) in [5.74, 6) is 0.590. The lowest BCUT2D eigenvalue weighted by Gasteiger charge is -2.26. The van der Waals surface area contributed by atoms with Gasteiger partial charge in [-0.3, -0.25) is 4.79 Å². The van der Waals surface area contributed by atoms with Crippen molar-refractivity contribution in [2.75, 3.05) is 27.2 Å². The highest BCUT2D eigenvalue weighted by molar-refractivity contribution is 5.81. The van der Waals surface area contributed by atoms with E-state index in [2.05, 4.69) is 42.4 Å². The highest BCUT2D eigenvalue weighted by Gasteiger charge is 2.33. The summed E-state index contributed by atoms with van der Waals surface area (Å²) in [7, 11) is 3.91. The van der Waals surface area contributed by atoms with E-state index in [-0.39, 0.29) is 5.91 Å². The predicted octanol–water partition coefficient (Wildman–Crippen LogP) is 2.71. The van der Waals surface area contributed by atoms with Crippen LogP contribution in [0.2, 0.25) is 0 Å². The first kappa shape index (κ1) is 14.3. The van der Waals surface area contributed by atoms with Crippen molar-refractivity contribution in [3.8, 4) is 0 Å². The van der Waals surface area contributed by atoms with E-state index in [1.165, 1.54) is 22.3 Å². The van der Waals surface area contributed by atoms with Gasteiger partial charge < -0.3 is 10.2 Å². The number of hydrogen-bond donors (Lipinski definition) is 1. The number of hydrogen-bond acceptors (Lipinski definition) is 2. The molecule has 0 fully saturated rings. The highest BCUT2D eigenvalue weighted by atomic mass is 16.1. The van der Waals surface area contributed by atoms with Crippen LogP contribution in [-0.2, 0) is 4.79 Å². The molecule has 1 unspecified atom stereocenters. The number of benzene rings is 1. The molecule has 3 heteroatoms. The molecule has 1 aliphatic carbocycles. The Kier molecular flexibility index (Phi) is 3.85. The molecular weight excluding hydrogens is 260 g/mol. The summed E-state index contributed by atoms with van der Waals surface area (Å²) in [5.41, 5.74) is 7.28. The van der Waals surface area contributed by atoms with Crippen LogP contribution in [-0.4, -0.2) is 38.0 Å². The van der Waals surface area contributed by atoms with Crippen molar-refractivity contribution in [3.63, 3.8) is 0 Å². The fourth-order valence-corrected chi connectivity index (χ4v) is 3.71. The maximum atomic E-state index is 11.6. The van der Waals surface area contributed by atoms with E-state index >= 15 is 0 Å². The third-order valence-electron chi connectivity index (χ3n) is 4.85. The number of likely N-dealkylation sites (N-methyl/N-ethyl adjacent to an activating group) is 1. The predicted molar refractivity (Wildman–Crippen MR) is 86.3 cm³/mol. The summed E-state index contributed by atoms with van der Waals surface area (Å²) < 4.78 is 0. The Bertz CT molecular complexity index is 603. The van der Waals surface area contributed by atoms with Gasteiger partial charge in [-0.05, 0) is 43.5 Å². The molecule has 3 nitrogen and oxygen atoms in total. The van der Waals surface area contributed by atoms with Crippen molar-refractivity contribution in [3.05, 3.63) is 40.5 Å². The van der Waals surface area contributed by atoms with Crippen LogP contribution in [0.3, 0.4) is 0 Å². The number of aryl methyl sites for hydroxylation is 1. The number of carbonyl (C=O) groups is 1. The summed E-state index contributed by atoms with van der Waals surface area (Å²) >= 11 is 0. The van der Waals surface area contributed by atoms with Gasteiger partial charge >= 0.3 is 0 Å². The maximum Gasteiger partial charge on any atom is 0.219 e. The van der Waals surface area contributed by atoms with Crippen LogP contribution in [0.15, 0.2) is 23.8 Å². The fourth-order valence-electron chi connectivity index (χ4n) is 3.71. The minimum Gasteiger partial charge on any atom is -0.359 e. The molecule has 2 aliphatic rings. The van der Waals surface area contributed by atoms with E-state index in [1.54, 1.807) is 12.6 Å². The van der Waals surface area contributed by atoms with Gasteiger partial charge in [0.25, 0.3) is 0 Å². The average molecular weight is 284 g/mol. The Balaban J connectivity index is 1.94. The largest absolute Gasteiger partial charge is 0.359 e. The number of nitrogens with one attached hydrogen (secondary N) is 1. The molecule has 1 aliphatic heterocycles. The molecule has 1 aromatic carbocycles. The molecule has 0 aromatic heterocycles. The Morgan fingerprint density at radius 3 is 3.00 bits per heavy atom. The zero-order valence-electron chi connectivity index (χ0n) is 13.2. The average Bonchev–Trinajstić information content (AvgIpc) is 2.77. The van der Waals surface area contributed by atoms with Crippen molar-refractivity contribution in [1.29, 1.82) is 0 Å². The maximum absolute atomic E-state index is 11.6. The molecule has 0 spiro atoms. The SMILES string of the molecule is CNC(=O)CCC1C2=C(CN(C)CC2)c2cc(C)ccc21. The smallest absolute Gasteiger partial charge is 0.219 e. The molecule has 3 rings (SSSR count). The van der Waals surface area contributed by atoms with Gasteiger partial charge in [0.15, 0.2) is 0 Å². The van der Waals surface area contributed by atoms with Gasteiger partial charge in [0.2, 0.25) is 5.91 Å². The minimum absolute atomic E-state index is 0.144. The van der Waals surface area contributed by atoms with Gasteiger partial charge in [-0.2, -0.15) is 0 Å². The van der Waals surface area contributed by atoms with Gasteiger partial charge in [-0.15, -0.1) is 0 Å². The van der Waals surface area contributed by atoms with Gasteiger partial charge in [-0.1, -0.05) is 29.3 Å². The van der Waals surface area contributed by atoms with E-state index in [4.69, 9.17) is 0 Å². The number of rotatable bonds is 3. The van der Waals surface area contributed by atoms with Gasteiger partial charge in [0.05, 0.1) is 0 Å². The number of fused-ring (bicyclic) bond motifs is 2. The van der Waals surface area contributed by atoms with Crippen molar-refractivity contribution in [1.82, 2.24) is 10.2 Å². The normalized spacial score (nSPS) is 21.2. The lowest BCUT2D eigenvalue weighted by atomic mass is 9.88. The van der Waals surface area contributed by atoms with Crippen LogP contribution in [0.4, 0.5) is 0 Å². The first-order chi connectivity index (χ1) is 10.1. The Labute approximate surface area is 127 Å². The molecule has 1 heterocycles. The third kappa shape index (κ3) is 2.62. The summed E-state index contributed by atoms with van der Waals surface area (Å²) in [4.78, 5) is 14.0. The van der Waals surface area contributed by atoms with Crippen LogP contribution in [0.1, 0.15) is 41.9 Å². The minimum atomic E-state index is 0.144. The molecule has 21 heavy (non-hydrogen) atoms. The van der Waals surface area contributed by atoms with Crippen LogP contribution in [0.25, 0.3) is 5.57 Å². The molecule has 0 saturated heterocycles. The van der Waals surface area contributed by atoms with Crippen molar-refractivity contribution in [2.24, 2.45) is 0 Å². The first-order valence-electron chi connectivity index (χ1n) is 7.82. The second-order valence-corrected chi connectivity index (χ2v) is 6.35. The summed E-state index contributed by atoms with van der Waals surface area (Å²) in [6, 6.07) is 6.80. The number of amides is 1. The molecular formula is C18H24N2O. The van der Waals surface area contributed by atoms with Crippen LogP contribution >= 0.6 is 0 Å². The molecule has 1 aromatic rings. The summed E-state index contributed by atoms with van der Waals surface area (Å²) in [5, 5.41) is 2.74. The number of nitrogens with zero attached hydrogens (tertiary/aromatic N) is 1. The second-order valence-electron chi connectivity index (χ2n) is 6.35. The van der Waals surface area contributed by atoms with Crippen LogP contribution < -0.4 is 5.32 Å². The van der Waals surface area contributed by atoms with E-state index in [0.29, 0.717) is 12.3 Å². The fraction of sp³-hybridized carbons (Fsp3) is 0.500. The molecule has 1 amide bonds. The van der Waals surface area contributed by atoms with E-state index in [1.807, 2.05) is 0 Å². The topological polar surface area (TPSA) is 32.3 Å². The van der Waals surface area contributed by atoms with Gasteiger partial charge in [0, 0.05) is 32.5 Å². The zero-order chi connectivity index (χ0) is 15.0. The summed E-state index contributed by atoms with van der Waals surface area (Å²) in [6.07, 6.45) is 2.68. The molecule has 1 N–H and O–H groups in total. The monoisotopic (exact) mass is 284 g/mol. The van der Waals surface area contributed by atoms with E-state index in [9.17, 15) is 4.79 Å². The Morgan fingerprint density at radius 2 is 2.24 bits per heavy atom. The van der Waals surface area contributed by atoms with Crippen LogP contribution in [0.5, 0.6) is 0 Å². The lowest BCUT2D eigenvalue weighted by molar-refractivity contribution is -0.120. The standard InChI is InChI=1S/C18H24N2O/c1-12-4-5-14-13(6-7-18(21)19-2)15-8-9-20(3)11-17(15)16(14)10-12/h4-5,10,13H,6-9,11H2,1-3H3,(H,19,21). The molecule has 0 bridgehead atoms. The molecule has 112 valence electrons. The molecule has 1 atom stereocenters. The molecule has 0 saturated carbocycles. The van der Waals surface area contributed by atoms with Crippen LogP contribution in [0, 0.1) is 6.92 Å². The zero-order valence-corrected chi connectivity index (χ0v) is 13.2. The Hall–Kier alpha value is -1.61. The van der Waals surface area contributed by atoms with Crippen molar-refractivity contribution < 1.29 is 4.79 Å². The number of carbonyl (C=O) groups excluding carboxylic acids is 1. The quantitative estimate of drug-likeness (QED) is 0.925. The van der Waals surface area contributed by atoms with Gasteiger partial charge in [0.1, 0.15) is 0 Å². The highest BCUT2D eigenvalue weighted by Crippen LogP contribution is 2.47. The van der Waals surface area contributed by atoms with E-state index < -0.39 is 0 Å².